The molecule has 24 heavy (non-hydrogen) atoms. The first-order valence-corrected chi connectivity index (χ1v) is 10.3. The van der Waals surface area contributed by atoms with Crippen molar-refractivity contribution in [1.29, 1.82) is 0 Å². The monoisotopic (exact) mass is 330 g/mol. The summed E-state index contributed by atoms with van der Waals surface area (Å²) in [6, 6.07) is 8.85. The number of aryl methyl sites for hydroxylation is 1. The summed E-state index contributed by atoms with van der Waals surface area (Å²) in [6.45, 7) is 10.1. The normalized spacial score (nSPS) is 16.7. The molecule has 1 aromatic carbocycles. The molecule has 0 N–H and O–H groups in total. The highest BCUT2D eigenvalue weighted by Gasteiger charge is 2.34. The van der Waals surface area contributed by atoms with Gasteiger partial charge in [-0.2, -0.15) is 0 Å². The molecule has 0 unspecified atom stereocenters. The molecule has 1 nitrogen and oxygen atoms in total. The largest absolute Gasteiger partial charge is 0.493 e. The summed E-state index contributed by atoms with van der Waals surface area (Å²) >= 11 is 0. The van der Waals surface area contributed by atoms with Gasteiger partial charge < -0.3 is 4.74 Å². The Kier molecular flexibility index (Phi) is 7.19. The molecule has 1 saturated carbocycles. The maximum absolute atomic E-state index is 6.25. The van der Waals surface area contributed by atoms with E-state index in [9.17, 15) is 0 Å². The molecule has 0 bridgehead atoms. The zero-order chi connectivity index (χ0) is 17.5. The summed E-state index contributed by atoms with van der Waals surface area (Å²) < 4.78 is 6.25. The summed E-state index contributed by atoms with van der Waals surface area (Å²) in [7, 11) is 0. The van der Waals surface area contributed by atoms with E-state index < -0.39 is 0 Å². The van der Waals surface area contributed by atoms with Crippen molar-refractivity contribution in [2.24, 2.45) is 10.8 Å². The van der Waals surface area contributed by atoms with Crippen molar-refractivity contribution in [2.75, 3.05) is 6.61 Å². The molecule has 1 aliphatic rings. The van der Waals surface area contributed by atoms with Crippen LogP contribution in [0.3, 0.4) is 0 Å². The van der Waals surface area contributed by atoms with E-state index in [4.69, 9.17) is 4.74 Å². The summed E-state index contributed by atoms with van der Waals surface area (Å²) in [5.41, 5.74) is 2.45. The molecule has 0 amide bonds. The molecule has 0 spiro atoms. The summed E-state index contributed by atoms with van der Waals surface area (Å²) in [4.78, 5) is 0. The van der Waals surface area contributed by atoms with Gasteiger partial charge in [0, 0.05) is 5.41 Å². The lowest BCUT2D eigenvalue weighted by Gasteiger charge is -2.41. The van der Waals surface area contributed by atoms with Gasteiger partial charge in [-0.1, -0.05) is 59.1 Å². The Labute approximate surface area is 150 Å². The molecule has 1 heteroatoms. The van der Waals surface area contributed by atoms with Crippen molar-refractivity contribution in [3.63, 3.8) is 0 Å². The van der Waals surface area contributed by atoms with Crippen LogP contribution in [0.15, 0.2) is 24.3 Å². The van der Waals surface area contributed by atoms with E-state index >= 15 is 0 Å². The second kappa shape index (κ2) is 8.92. The lowest BCUT2D eigenvalue weighted by molar-refractivity contribution is 0.113. The number of hydrogen-bond donors (Lipinski definition) is 0. The van der Waals surface area contributed by atoms with Gasteiger partial charge in [0.05, 0.1) is 6.61 Å². The Balaban J connectivity index is 1.92. The third-order valence-corrected chi connectivity index (χ3v) is 6.83. The van der Waals surface area contributed by atoms with E-state index in [2.05, 4.69) is 52.0 Å². The lowest BCUT2D eigenvalue weighted by Crippen LogP contribution is -2.29. The molecular weight excluding hydrogens is 292 g/mol. The molecule has 2 rings (SSSR count). The Bertz CT molecular complexity index is 477. The Hall–Kier alpha value is -0.980. The SMILES string of the molecule is CCCC(CC)(CC)COc1cccc(CCC2(CC)CCC2)c1. The van der Waals surface area contributed by atoms with Gasteiger partial charge in [0.2, 0.25) is 0 Å². The molecule has 0 aromatic heterocycles. The predicted octanol–water partition coefficient (Wildman–Crippen LogP) is 7.18. The third-order valence-electron chi connectivity index (χ3n) is 6.83. The molecule has 136 valence electrons. The van der Waals surface area contributed by atoms with Gasteiger partial charge in [0.1, 0.15) is 5.75 Å². The fraction of sp³-hybridized carbons (Fsp3) is 0.739. The van der Waals surface area contributed by atoms with Gasteiger partial charge in [0.15, 0.2) is 0 Å². The molecule has 0 aliphatic heterocycles. The van der Waals surface area contributed by atoms with Crippen LogP contribution in [-0.2, 0) is 6.42 Å². The summed E-state index contributed by atoms with van der Waals surface area (Å²) in [5.74, 6) is 1.06. The van der Waals surface area contributed by atoms with E-state index in [0.717, 1.165) is 12.4 Å². The molecule has 0 saturated heterocycles. The topological polar surface area (TPSA) is 9.23 Å². The number of ether oxygens (including phenoxy) is 1. The highest BCUT2D eigenvalue weighted by Crippen LogP contribution is 2.47. The highest BCUT2D eigenvalue weighted by atomic mass is 16.5. The summed E-state index contributed by atoms with van der Waals surface area (Å²) in [5, 5.41) is 0. The van der Waals surface area contributed by atoms with Crippen molar-refractivity contribution in [1.82, 2.24) is 0 Å². The maximum Gasteiger partial charge on any atom is 0.119 e. The Morgan fingerprint density at radius 2 is 1.83 bits per heavy atom. The fourth-order valence-corrected chi connectivity index (χ4v) is 4.30. The van der Waals surface area contributed by atoms with E-state index in [1.807, 2.05) is 0 Å². The Morgan fingerprint density at radius 1 is 1.08 bits per heavy atom. The first-order chi connectivity index (χ1) is 11.6. The van der Waals surface area contributed by atoms with E-state index in [-0.39, 0.29) is 0 Å². The van der Waals surface area contributed by atoms with Crippen LogP contribution in [0, 0.1) is 10.8 Å². The number of hydrogen-bond acceptors (Lipinski definition) is 1. The molecular formula is C23H38O. The Morgan fingerprint density at radius 3 is 2.38 bits per heavy atom. The van der Waals surface area contributed by atoms with E-state index in [1.54, 1.807) is 0 Å². The minimum Gasteiger partial charge on any atom is -0.493 e. The molecule has 1 aliphatic carbocycles. The van der Waals surface area contributed by atoms with Crippen molar-refractivity contribution in [3.8, 4) is 5.75 Å². The number of benzene rings is 1. The third kappa shape index (κ3) is 4.77. The maximum atomic E-state index is 6.25. The van der Waals surface area contributed by atoms with E-state index in [0.29, 0.717) is 10.8 Å². The predicted molar refractivity (Wildman–Crippen MR) is 105 cm³/mol. The van der Waals surface area contributed by atoms with Crippen molar-refractivity contribution in [2.45, 2.75) is 91.9 Å². The van der Waals surface area contributed by atoms with Crippen molar-refractivity contribution < 1.29 is 4.74 Å². The highest BCUT2D eigenvalue weighted by molar-refractivity contribution is 5.28. The minimum absolute atomic E-state index is 0.350. The van der Waals surface area contributed by atoms with Crippen LogP contribution in [0.5, 0.6) is 5.75 Å². The van der Waals surface area contributed by atoms with Crippen LogP contribution in [0.1, 0.15) is 91.0 Å². The average Bonchev–Trinajstić information content (AvgIpc) is 2.59. The summed E-state index contributed by atoms with van der Waals surface area (Å²) in [6.07, 6.45) is 13.1. The molecule has 0 atom stereocenters. The van der Waals surface area contributed by atoms with E-state index in [1.165, 1.54) is 69.8 Å². The fourth-order valence-electron chi connectivity index (χ4n) is 4.30. The second-order valence-electron chi connectivity index (χ2n) is 8.10. The number of rotatable bonds is 11. The smallest absolute Gasteiger partial charge is 0.119 e. The van der Waals surface area contributed by atoms with Crippen molar-refractivity contribution >= 4 is 0 Å². The molecule has 0 radical (unpaired) electrons. The van der Waals surface area contributed by atoms with Crippen LogP contribution in [0.2, 0.25) is 0 Å². The standard InChI is InChI=1S/C23H38O/c1-5-14-22(6-2,7-3)19-24-21-12-9-11-20(18-21)13-17-23(8-4)15-10-16-23/h9,11-12,18H,5-8,10,13-17,19H2,1-4H3. The average molecular weight is 331 g/mol. The van der Waals surface area contributed by atoms with Gasteiger partial charge in [0.25, 0.3) is 0 Å². The van der Waals surface area contributed by atoms with Gasteiger partial charge >= 0.3 is 0 Å². The second-order valence-corrected chi connectivity index (χ2v) is 8.10. The zero-order valence-electron chi connectivity index (χ0n) is 16.5. The van der Waals surface area contributed by atoms with Crippen LogP contribution >= 0.6 is 0 Å². The quantitative estimate of drug-likeness (QED) is 0.417. The van der Waals surface area contributed by atoms with Gasteiger partial charge in [-0.15, -0.1) is 0 Å². The zero-order valence-corrected chi connectivity index (χ0v) is 16.5. The molecule has 0 heterocycles. The lowest BCUT2D eigenvalue weighted by atomic mass is 9.64. The first-order valence-electron chi connectivity index (χ1n) is 10.3. The first kappa shape index (κ1) is 19.3. The van der Waals surface area contributed by atoms with Crippen LogP contribution < -0.4 is 4.74 Å². The van der Waals surface area contributed by atoms with Gasteiger partial charge in [-0.25, -0.2) is 0 Å². The molecule has 1 aromatic rings. The van der Waals surface area contributed by atoms with Crippen LogP contribution in [0.4, 0.5) is 0 Å². The van der Waals surface area contributed by atoms with Gasteiger partial charge in [-0.05, 0) is 68.1 Å². The van der Waals surface area contributed by atoms with Gasteiger partial charge in [-0.3, -0.25) is 0 Å². The molecule has 1 fully saturated rings. The minimum atomic E-state index is 0.350. The van der Waals surface area contributed by atoms with Crippen molar-refractivity contribution in [3.05, 3.63) is 29.8 Å². The van der Waals surface area contributed by atoms with Crippen LogP contribution in [0.25, 0.3) is 0 Å². The van der Waals surface area contributed by atoms with Crippen LogP contribution in [-0.4, -0.2) is 6.61 Å².